The van der Waals surface area contributed by atoms with Crippen molar-refractivity contribution in [3.05, 3.63) is 119 Å². The molecule has 0 saturated carbocycles. The molecule has 1 aliphatic carbocycles. The molecule has 176 valence electrons. The average molecular weight is 583 g/mol. The van der Waals surface area contributed by atoms with Crippen molar-refractivity contribution in [2.45, 2.75) is 39.4 Å². The average Bonchev–Trinajstić information content (AvgIpc) is 3.39. The summed E-state index contributed by atoms with van der Waals surface area (Å²) in [5.41, 5.74) is 8.32. The van der Waals surface area contributed by atoms with Crippen LogP contribution in [0.5, 0.6) is 0 Å². The van der Waals surface area contributed by atoms with Crippen molar-refractivity contribution in [1.29, 1.82) is 0 Å². The smallest absolute Gasteiger partial charge is 0.0253 e. The number of fused-ring (bicyclic) bond motifs is 3. The molecule has 0 atom stereocenters. The van der Waals surface area contributed by atoms with Gasteiger partial charge < -0.3 is 24.8 Å². The summed E-state index contributed by atoms with van der Waals surface area (Å²) in [5, 5.41) is 1.57. The van der Waals surface area contributed by atoms with E-state index >= 15 is 0 Å². The standard InChI is InChI=1S/C13H9.C9H15Si.C8H8.2ClH.Zr/c1-3-7-12-10(5-1)9-11-6-2-4-8-13(11)12;1-8-5-6-9(7-8)10(2,3)4;1-2-8-6-4-3-5-7-8;;;/h1-5,7-8H,9H2;5-7H,1-4H3;1,3-7H,2H2;2*1H;/q2*-1;;;;+2/p-2. The minimum Gasteiger partial charge on any atom is -0.179 e. The van der Waals surface area contributed by atoms with Crippen molar-refractivity contribution in [1.82, 2.24) is 0 Å². The number of rotatable bonds is 3. The predicted octanol–water partition coefficient (Wildman–Crippen LogP) is 0.903. The van der Waals surface area contributed by atoms with Crippen LogP contribution in [0.15, 0.2) is 91.0 Å². The van der Waals surface area contributed by atoms with E-state index in [2.05, 4.69) is 115 Å². The van der Waals surface area contributed by atoms with E-state index in [1.165, 1.54) is 57.6 Å². The van der Waals surface area contributed by atoms with Gasteiger partial charge in [0.1, 0.15) is 0 Å². The first kappa shape index (κ1) is 30.6. The summed E-state index contributed by atoms with van der Waals surface area (Å²) < 4.78 is 2.25. The van der Waals surface area contributed by atoms with Crippen LogP contribution in [0.3, 0.4) is 0 Å². The zero-order chi connectivity index (χ0) is 23.0. The van der Waals surface area contributed by atoms with Crippen LogP contribution in [0, 0.1) is 13.0 Å². The molecule has 0 spiro atoms. The third-order valence-corrected chi connectivity index (χ3v) is 8.12. The molecule has 0 aliphatic heterocycles. The molecular formula is C30H32Cl2SiZr-2. The molecule has 0 aromatic heterocycles. The first-order valence-electron chi connectivity index (χ1n) is 11.2. The van der Waals surface area contributed by atoms with Gasteiger partial charge in [0.25, 0.3) is 0 Å². The van der Waals surface area contributed by atoms with Crippen LogP contribution in [-0.2, 0) is 37.1 Å². The summed E-state index contributed by atoms with van der Waals surface area (Å²) in [6.45, 7) is 9.29. The van der Waals surface area contributed by atoms with Gasteiger partial charge >= 0.3 is 70.3 Å². The van der Waals surface area contributed by atoms with E-state index < -0.39 is 8.07 Å². The van der Waals surface area contributed by atoms with Gasteiger partial charge in [-0.2, -0.15) is 47.5 Å². The van der Waals surface area contributed by atoms with Gasteiger partial charge in [0, 0.05) is 8.07 Å². The molecule has 0 N–H and O–H groups in total. The zero-order valence-electron chi connectivity index (χ0n) is 20.4. The van der Waals surface area contributed by atoms with Gasteiger partial charge in [-0.25, -0.2) is 11.3 Å². The van der Waals surface area contributed by atoms with Crippen molar-refractivity contribution in [2.75, 3.05) is 0 Å². The minimum atomic E-state index is -1.01. The van der Waals surface area contributed by atoms with Gasteiger partial charge in [-0.1, -0.05) is 62.0 Å². The Morgan fingerprint density at radius 2 is 1.56 bits per heavy atom. The van der Waals surface area contributed by atoms with Crippen LogP contribution in [0.1, 0.15) is 22.3 Å². The molecule has 0 unspecified atom stereocenters. The fourth-order valence-corrected chi connectivity index (χ4v) is 5.58. The molecule has 0 heterocycles. The molecule has 0 radical (unpaired) electrons. The minimum absolute atomic E-state index is 0. The van der Waals surface area contributed by atoms with Crippen molar-refractivity contribution in [3.63, 3.8) is 0 Å². The fraction of sp³-hybridized carbons (Fsp3) is 0.200. The van der Waals surface area contributed by atoms with Crippen LogP contribution >= 0.6 is 0 Å². The van der Waals surface area contributed by atoms with E-state index in [-0.39, 0.29) is 24.8 Å². The summed E-state index contributed by atoms with van der Waals surface area (Å²) in [6.07, 6.45) is 2.17. The van der Waals surface area contributed by atoms with E-state index in [1.807, 2.05) is 12.1 Å². The van der Waals surface area contributed by atoms with Crippen LogP contribution in [0.2, 0.25) is 19.6 Å². The van der Waals surface area contributed by atoms with E-state index in [0.29, 0.717) is 0 Å². The Bertz CT molecular complexity index is 1100. The summed E-state index contributed by atoms with van der Waals surface area (Å²) in [4.78, 5) is 0. The van der Waals surface area contributed by atoms with Gasteiger partial charge in [-0.05, 0) is 6.42 Å². The molecule has 0 saturated heterocycles. The summed E-state index contributed by atoms with van der Waals surface area (Å²) in [6, 6.07) is 35.4. The Hall–Kier alpha value is -1.44. The SMILES string of the molecule is Cc1cc([Si](C)(C)C)c[cH-]1.[Cl-].[Cl-].[Zr+2]=[CH]Cc1ccccc1.[c-]1cccc2c1Cc1ccccc1-2. The fourth-order valence-electron chi connectivity index (χ4n) is 3.76. The monoisotopic (exact) mass is 580 g/mol. The third-order valence-electron chi connectivity index (χ3n) is 5.57. The van der Waals surface area contributed by atoms with E-state index in [4.69, 9.17) is 0 Å². The molecule has 0 bridgehead atoms. The second-order valence-electron chi connectivity index (χ2n) is 9.22. The second-order valence-corrected chi connectivity index (χ2v) is 15.3. The largest absolute Gasteiger partial charge is 0.179 e. The topological polar surface area (TPSA) is 0 Å². The van der Waals surface area contributed by atoms with Crippen LogP contribution in [0.25, 0.3) is 11.1 Å². The third kappa shape index (κ3) is 8.97. The van der Waals surface area contributed by atoms with Gasteiger partial charge in [0.05, 0.1) is 0 Å². The number of halogens is 2. The van der Waals surface area contributed by atoms with Crippen molar-refractivity contribution >= 4 is 17.0 Å². The summed E-state index contributed by atoms with van der Waals surface area (Å²) in [7, 11) is -1.01. The molecule has 34 heavy (non-hydrogen) atoms. The number of hydrogen-bond donors (Lipinski definition) is 0. The number of hydrogen-bond acceptors (Lipinski definition) is 0. The van der Waals surface area contributed by atoms with Gasteiger partial charge in [-0.3, -0.25) is 0 Å². The van der Waals surface area contributed by atoms with Crippen molar-refractivity contribution in [2.24, 2.45) is 0 Å². The molecule has 0 amide bonds. The van der Waals surface area contributed by atoms with E-state index in [1.54, 1.807) is 5.19 Å². The molecule has 5 rings (SSSR count). The summed E-state index contributed by atoms with van der Waals surface area (Å²) >= 11 is 1.51. The zero-order valence-corrected chi connectivity index (χ0v) is 25.4. The maximum absolute atomic E-state index is 3.30. The van der Waals surface area contributed by atoms with E-state index in [9.17, 15) is 0 Å². The Balaban J connectivity index is 0.000000253. The predicted molar refractivity (Wildman–Crippen MR) is 139 cm³/mol. The Kier molecular flexibility index (Phi) is 13.4. The quantitative estimate of drug-likeness (QED) is 0.219. The normalized spacial score (nSPS) is 10.6. The molecule has 1 aliphatic rings. The van der Waals surface area contributed by atoms with Gasteiger partial charge in [0.15, 0.2) is 0 Å². The van der Waals surface area contributed by atoms with Crippen molar-refractivity contribution < 1.29 is 49.0 Å². The summed E-state index contributed by atoms with van der Waals surface area (Å²) in [5.74, 6) is 0. The number of benzene rings is 3. The van der Waals surface area contributed by atoms with Crippen LogP contribution < -0.4 is 30.0 Å². The maximum Gasteiger partial charge on any atom is -0.0253 e. The van der Waals surface area contributed by atoms with Crippen LogP contribution in [-0.4, -0.2) is 11.8 Å². The molecule has 4 aromatic carbocycles. The first-order valence-corrected chi connectivity index (χ1v) is 16.1. The maximum atomic E-state index is 3.30. The molecule has 4 aromatic rings. The van der Waals surface area contributed by atoms with Crippen molar-refractivity contribution in [3.8, 4) is 11.1 Å². The van der Waals surface area contributed by atoms with Gasteiger partial charge in [0.2, 0.25) is 0 Å². The van der Waals surface area contributed by atoms with E-state index in [0.717, 1.165) is 12.8 Å². The molecular weight excluding hydrogens is 551 g/mol. The first-order chi connectivity index (χ1) is 15.4. The molecule has 0 fully saturated rings. The second kappa shape index (κ2) is 14.8. The molecule has 4 heteroatoms. The Morgan fingerprint density at radius 3 is 2.15 bits per heavy atom. The van der Waals surface area contributed by atoms with Gasteiger partial charge in [-0.15, -0.1) is 5.56 Å². The number of aryl methyl sites for hydroxylation is 1. The molecule has 0 nitrogen and oxygen atoms in total. The Morgan fingerprint density at radius 1 is 0.912 bits per heavy atom. The Labute approximate surface area is 234 Å². The van der Waals surface area contributed by atoms with Crippen LogP contribution in [0.4, 0.5) is 0 Å².